The Bertz CT molecular complexity index is 252. The Kier molecular flexibility index (Phi) is 4.08. The highest BCUT2D eigenvalue weighted by molar-refractivity contribution is 5.85. The summed E-state index contributed by atoms with van der Waals surface area (Å²) in [4.78, 5) is 22.4. The third-order valence-electron chi connectivity index (χ3n) is 2.74. The van der Waals surface area contributed by atoms with Crippen molar-refractivity contribution in [2.45, 2.75) is 32.3 Å². The standard InChI is InChI=1S/C10H17NO4/c1-6(12)5-11-9(13)7-3-2-4-8(7)10(14)15/h6-8,12H,2-5H2,1H3,(H,11,13)(H,14,15)/t6-,7?,8?/m0/s1. The van der Waals surface area contributed by atoms with Crippen molar-refractivity contribution in [1.82, 2.24) is 5.32 Å². The quantitative estimate of drug-likeness (QED) is 0.615. The molecule has 1 amide bonds. The molecule has 3 N–H and O–H groups in total. The zero-order chi connectivity index (χ0) is 11.4. The smallest absolute Gasteiger partial charge is 0.307 e. The Balaban J connectivity index is 2.47. The van der Waals surface area contributed by atoms with Gasteiger partial charge in [-0.25, -0.2) is 0 Å². The van der Waals surface area contributed by atoms with Gasteiger partial charge in [0.2, 0.25) is 5.91 Å². The summed E-state index contributed by atoms with van der Waals surface area (Å²) in [5, 5.41) is 20.4. The molecule has 5 nitrogen and oxygen atoms in total. The molecular weight excluding hydrogens is 198 g/mol. The molecule has 0 spiro atoms. The number of nitrogens with one attached hydrogen (secondary N) is 1. The number of amides is 1. The number of aliphatic hydroxyl groups is 1. The second-order valence-corrected chi connectivity index (χ2v) is 4.08. The molecule has 86 valence electrons. The van der Waals surface area contributed by atoms with E-state index in [2.05, 4.69) is 5.32 Å². The van der Waals surface area contributed by atoms with Gasteiger partial charge in [0.1, 0.15) is 0 Å². The third kappa shape index (κ3) is 3.20. The van der Waals surface area contributed by atoms with Crippen LogP contribution in [0.15, 0.2) is 0 Å². The SMILES string of the molecule is C[C@H](O)CNC(=O)C1CCCC1C(=O)O. The molecule has 1 saturated carbocycles. The highest BCUT2D eigenvalue weighted by Crippen LogP contribution is 2.31. The molecule has 1 aliphatic rings. The molecule has 1 fully saturated rings. The summed E-state index contributed by atoms with van der Waals surface area (Å²) in [5.41, 5.74) is 0. The lowest BCUT2D eigenvalue weighted by molar-refractivity contribution is -0.146. The molecule has 0 aromatic heterocycles. The molecule has 0 radical (unpaired) electrons. The lowest BCUT2D eigenvalue weighted by atomic mass is 9.95. The van der Waals surface area contributed by atoms with Crippen molar-refractivity contribution >= 4 is 11.9 Å². The first-order valence-corrected chi connectivity index (χ1v) is 5.21. The van der Waals surface area contributed by atoms with Crippen LogP contribution in [-0.2, 0) is 9.59 Å². The number of carboxylic acid groups (broad SMARTS) is 1. The lowest BCUT2D eigenvalue weighted by Gasteiger charge is -2.16. The normalized spacial score (nSPS) is 27.3. The summed E-state index contributed by atoms with van der Waals surface area (Å²) < 4.78 is 0. The number of carbonyl (C=O) groups is 2. The minimum atomic E-state index is -0.898. The second-order valence-electron chi connectivity index (χ2n) is 4.08. The van der Waals surface area contributed by atoms with Crippen LogP contribution < -0.4 is 5.32 Å². The van der Waals surface area contributed by atoms with Crippen LogP contribution in [0.5, 0.6) is 0 Å². The van der Waals surface area contributed by atoms with E-state index in [4.69, 9.17) is 10.2 Å². The van der Waals surface area contributed by atoms with Crippen molar-refractivity contribution in [1.29, 1.82) is 0 Å². The Morgan fingerprint density at radius 1 is 1.40 bits per heavy atom. The van der Waals surface area contributed by atoms with Gasteiger partial charge in [0, 0.05) is 6.54 Å². The van der Waals surface area contributed by atoms with Gasteiger partial charge in [-0.05, 0) is 19.8 Å². The van der Waals surface area contributed by atoms with Crippen LogP contribution in [0.3, 0.4) is 0 Å². The van der Waals surface area contributed by atoms with E-state index < -0.39 is 23.9 Å². The predicted octanol–water partition coefficient (Wildman–Crippen LogP) is -0.0157. The third-order valence-corrected chi connectivity index (χ3v) is 2.74. The summed E-state index contributed by atoms with van der Waals surface area (Å²) in [6.45, 7) is 1.76. The topological polar surface area (TPSA) is 86.6 Å². The van der Waals surface area contributed by atoms with Crippen molar-refractivity contribution in [3.05, 3.63) is 0 Å². The van der Waals surface area contributed by atoms with Crippen LogP contribution in [0, 0.1) is 11.8 Å². The average molecular weight is 215 g/mol. The van der Waals surface area contributed by atoms with Gasteiger partial charge in [-0.1, -0.05) is 6.42 Å². The number of aliphatic carboxylic acids is 1. The van der Waals surface area contributed by atoms with E-state index >= 15 is 0 Å². The first kappa shape index (κ1) is 12.0. The van der Waals surface area contributed by atoms with Crippen LogP contribution >= 0.6 is 0 Å². The summed E-state index contributed by atoms with van der Waals surface area (Å²) in [6, 6.07) is 0. The van der Waals surface area contributed by atoms with Gasteiger partial charge in [0.05, 0.1) is 17.9 Å². The van der Waals surface area contributed by atoms with E-state index in [-0.39, 0.29) is 12.5 Å². The molecule has 2 unspecified atom stereocenters. The molecule has 0 aliphatic heterocycles. The fraction of sp³-hybridized carbons (Fsp3) is 0.800. The highest BCUT2D eigenvalue weighted by Gasteiger charge is 2.37. The first-order valence-electron chi connectivity index (χ1n) is 5.21. The number of hydrogen-bond donors (Lipinski definition) is 3. The van der Waals surface area contributed by atoms with E-state index in [0.29, 0.717) is 12.8 Å². The Hall–Kier alpha value is -1.10. The number of carboxylic acids is 1. The monoisotopic (exact) mass is 215 g/mol. The van der Waals surface area contributed by atoms with Crippen molar-refractivity contribution in [3.63, 3.8) is 0 Å². The van der Waals surface area contributed by atoms with E-state index in [1.165, 1.54) is 0 Å². The largest absolute Gasteiger partial charge is 0.481 e. The number of rotatable bonds is 4. The van der Waals surface area contributed by atoms with Gasteiger partial charge >= 0.3 is 5.97 Å². The Morgan fingerprint density at radius 2 is 2.00 bits per heavy atom. The first-order chi connectivity index (χ1) is 7.02. The molecule has 15 heavy (non-hydrogen) atoms. The summed E-state index contributed by atoms with van der Waals surface area (Å²) in [6.07, 6.45) is 1.38. The zero-order valence-electron chi connectivity index (χ0n) is 8.77. The van der Waals surface area contributed by atoms with E-state index in [1.807, 2.05) is 0 Å². The van der Waals surface area contributed by atoms with Crippen molar-refractivity contribution < 1.29 is 19.8 Å². The molecule has 0 heterocycles. The molecule has 1 rings (SSSR count). The number of hydrogen-bond acceptors (Lipinski definition) is 3. The average Bonchev–Trinajstić information content (AvgIpc) is 2.62. The summed E-state index contributed by atoms with van der Waals surface area (Å²) in [5.74, 6) is -2.13. The van der Waals surface area contributed by atoms with Gasteiger partial charge in [-0.2, -0.15) is 0 Å². The van der Waals surface area contributed by atoms with Gasteiger partial charge < -0.3 is 15.5 Å². The van der Waals surface area contributed by atoms with Crippen LogP contribution in [0.4, 0.5) is 0 Å². The molecule has 3 atom stereocenters. The molecular formula is C10H17NO4. The van der Waals surface area contributed by atoms with Crippen LogP contribution in [-0.4, -0.2) is 34.7 Å². The van der Waals surface area contributed by atoms with Crippen LogP contribution in [0.2, 0.25) is 0 Å². The summed E-state index contributed by atoms with van der Waals surface area (Å²) in [7, 11) is 0. The second kappa shape index (κ2) is 5.11. The molecule has 5 heteroatoms. The van der Waals surface area contributed by atoms with Crippen molar-refractivity contribution in [2.24, 2.45) is 11.8 Å². The maximum atomic E-state index is 11.6. The predicted molar refractivity (Wildman–Crippen MR) is 53.2 cm³/mol. The van der Waals surface area contributed by atoms with Crippen molar-refractivity contribution in [3.8, 4) is 0 Å². The van der Waals surface area contributed by atoms with E-state index in [9.17, 15) is 9.59 Å². The maximum absolute atomic E-state index is 11.6. The molecule has 0 aromatic carbocycles. The molecule has 0 saturated heterocycles. The van der Waals surface area contributed by atoms with Crippen LogP contribution in [0.25, 0.3) is 0 Å². The van der Waals surface area contributed by atoms with Gasteiger partial charge in [0.25, 0.3) is 0 Å². The zero-order valence-corrected chi connectivity index (χ0v) is 8.77. The fourth-order valence-corrected chi connectivity index (χ4v) is 1.95. The minimum absolute atomic E-state index is 0.182. The Morgan fingerprint density at radius 3 is 2.53 bits per heavy atom. The van der Waals surface area contributed by atoms with E-state index in [1.54, 1.807) is 6.92 Å². The van der Waals surface area contributed by atoms with Gasteiger partial charge in [-0.15, -0.1) is 0 Å². The maximum Gasteiger partial charge on any atom is 0.307 e. The fourth-order valence-electron chi connectivity index (χ4n) is 1.95. The summed E-state index contributed by atoms with van der Waals surface area (Å²) >= 11 is 0. The number of carbonyl (C=O) groups excluding carboxylic acids is 1. The van der Waals surface area contributed by atoms with Gasteiger partial charge in [-0.3, -0.25) is 9.59 Å². The Labute approximate surface area is 88.5 Å². The van der Waals surface area contributed by atoms with Crippen molar-refractivity contribution in [2.75, 3.05) is 6.54 Å². The molecule has 1 aliphatic carbocycles. The van der Waals surface area contributed by atoms with Crippen LogP contribution in [0.1, 0.15) is 26.2 Å². The highest BCUT2D eigenvalue weighted by atomic mass is 16.4. The minimum Gasteiger partial charge on any atom is -0.481 e. The molecule has 0 bridgehead atoms. The van der Waals surface area contributed by atoms with Gasteiger partial charge in [0.15, 0.2) is 0 Å². The molecule has 0 aromatic rings. The van der Waals surface area contributed by atoms with E-state index in [0.717, 1.165) is 6.42 Å². The number of aliphatic hydroxyl groups excluding tert-OH is 1. The lowest BCUT2D eigenvalue weighted by Crippen LogP contribution is -2.38.